The van der Waals surface area contributed by atoms with Gasteiger partial charge in [0.15, 0.2) is 0 Å². The summed E-state index contributed by atoms with van der Waals surface area (Å²) in [4.78, 5) is 20.9. The molecule has 4 nitrogen and oxygen atoms in total. The lowest BCUT2D eigenvalue weighted by molar-refractivity contribution is -0.134. The van der Waals surface area contributed by atoms with Gasteiger partial charge < -0.3 is 10.2 Å². The van der Waals surface area contributed by atoms with Gasteiger partial charge in [0, 0.05) is 23.5 Å². The van der Waals surface area contributed by atoms with E-state index in [1.165, 1.54) is 4.88 Å². The van der Waals surface area contributed by atoms with E-state index in [2.05, 4.69) is 32.7 Å². The van der Waals surface area contributed by atoms with E-state index in [1.807, 2.05) is 24.4 Å². The van der Waals surface area contributed by atoms with Crippen LogP contribution in [0.1, 0.15) is 42.7 Å². The quantitative estimate of drug-likeness (QED) is 0.823. The Kier molecular flexibility index (Phi) is 7.00. The molecule has 3 heterocycles. The predicted molar refractivity (Wildman–Crippen MR) is 103 cm³/mol. The largest absolute Gasteiger partial charge is 0.334 e. The van der Waals surface area contributed by atoms with Gasteiger partial charge in [0.1, 0.15) is 0 Å². The molecule has 3 rings (SSSR count). The maximum atomic E-state index is 13.0. The molecular formula is C20H27N3OS. The van der Waals surface area contributed by atoms with Crippen molar-refractivity contribution < 1.29 is 4.79 Å². The lowest BCUT2D eigenvalue weighted by atomic mass is 10.1. The number of amides is 1. The molecule has 2 aromatic heterocycles. The number of carbonyl (C=O) groups excluding carboxylic acids is 1. The second-order valence-electron chi connectivity index (χ2n) is 6.61. The van der Waals surface area contributed by atoms with E-state index in [-0.39, 0.29) is 5.91 Å². The van der Waals surface area contributed by atoms with Gasteiger partial charge in [-0.2, -0.15) is 0 Å². The van der Waals surface area contributed by atoms with Gasteiger partial charge in [0.05, 0.1) is 12.2 Å². The first kappa shape index (κ1) is 18.1. The van der Waals surface area contributed by atoms with Crippen LogP contribution < -0.4 is 5.32 Å². The normalized spacial score (nSPS) is 17.8. The zero-order valence-corrected chi connectivity index (χ0v) is 15.5. The highest BCUT2D eigenvalue weighted by atomic mass is 32.1. The van der Waals surface area contributed by atoms with Crippen molar-refractivity contribution in [1.29, 1.82) is 0 Å². The summed E-state index contributed by atoms with van der Waals surface area (Å²) < 4.78 is 0. The van der Waals surface area contributed by atoms with Gasteiger partial charge in [-0.1, -0.05) is 12.1 Å². The Morgan fingerprint density at radius 3 is 3.00 bits per heavy atom. The summed E-state index contributed by atoms with van der Waals surface area (Å²) >= 11 is 1.77. The van der Waals surface area contributed by atoms with Crippen LogP contribution in [0.2, 0.25) is 0 Å². The zero-order valence-electron chi connectivity index (χ0n) is 14.7. The summed E-state index contributed by atoms with van der Waals surface area (Å²) in [5, 5.41) is 5.54. The van der Waals surface area contributed by atoms with Gasteiger partial charge in [0.2, 0.25) is 5.91 Å². The van der Waals surface area contributed by atoms with Crippen LogP contribution in [0.5, 0.6) is 0 Å². The summed E-state index contributed by atoms with van der Waals surface area (Å²) in [5.41, 5.74) is 0.978. The number of aryl methyl sites for hydroxylation is 1. The van der Waals surface area contributed by atoms with Crippen molar-refractivity contribution in [2.24, 2.45) is 0 Å². The van der Waals surface area contributed by atoms with E-state index in [0.717, 1.165) is 50.9 Å². The topological polar surface area (TPSA) is 45.2 Å². The molecule has 0 aliphatic carbocycles. The van der Waals surface area contributed by atoms with Gasteiger partial charge in [-0.25, -0.2) is 0 Å². The minimum atomic E-state index is 0.272. The van der Waals surface area contributed by atoms with Crippen molar-refractivity contribution in [2.45, 2.75) is 51.1 Å². The second kappa shape index (κ2) is 9.68. The van der Waals surface area contributed by atoms with Crippen molar-refractivity contribution in [2.75, 3.05) is 13.1 Å². The minimum Gasteiger partial charge on any atom is -0.334 e. The van der Waals surface area contributed by atoms with Crippen LogP contribution in [0.25, 0.3) is 0 Å². The number of pyridine rings is 1. The third-order valence-corrected chi connectivity index (χ3v) is 5.69. The molecule has 2 aromatic rings. The molecule has 1 N–H and O–H groups in total. The SMILES string of the molecule is O=C(CCCc1cccs1)N(Cc1ccccn1)C1CCCNCC1. The van der Waals surface area contributed by atoms with Crippen LogP contribution in [0.4, 0.5) is 0 Å². The maximum absolute atomic E-state index is 13.0. The molecule has 0 bridgehead atoms. The Labute approximate surface area is 154 Å². The summed E-state index contributed by atoms with van der Waals surface area (Å²) in [6.07, 6.45) is 7.58. The van der Waals surface area contributed by atoms with E-state index in [9.17, 15) is 4.79 Å². The minimum absolute atomic E-state index is 0.272. The maximum Gasteiger partial charge on any atom is 0.223 e. The highest BCUT2D eigenvalue weighted by Crippen LogP contribution is 2.19. The van der Waals surface area contributed by atoms with Crippen LogP contribution in [0, 0.1) is 0 Å². The summed E-state index contributed by atoms with van der Waals surface area (Å²) in [6, 6.07) is 10.5. The molecule has 1 saturated heterocycles. The number of nitrogens with one attached hydrogen (secondary N) is 1. The second-order valence-corrected chi connectivity index (χ2v) is 7.64. The smallest absolute Gasteiger partial charge is 0.223 e. The van der Waals surface area contributed by atoms with Gasteiger partial charge in [-0.3, -0.25) is 9.78 Å². The number of aromatic nitrogens is 1. The fourth-order valence-corrected chi connectivity index (χ4v) is 4.16. The van der Waals surface area contributed by atoms with Crippen LogP contribution in [-0.2, 0) is 17.8 Å². The van der Waals surface area contributed by atoms with Gasteiger partial charge in [-0.15, -0.1) is 11.3 Å². The first-order chi connectivity index (χ1) is 12.3. The van der Waals surface area contributed by atoms with Gasteiger partial charge >= 0.3 is 0 Å². The number of hydrogen-bond acceptors (Lipinski definition) is 4. The fraction of sp³-hybridized carbons (Fsp3) is 0.500. The molecule has 1 unspecified atom stereocenters. The van der Waals surface area contributed by atoms with E-state index in [1.54, 1.807) is 11.3 Å². The van der Waals surface area contributed by atoms with Crippen molar-refractivity contribution in [3.63, 3.8) is 0 Å². The van der Waals surface area contributed by atoms with Crippen molar-refractivity contribution in [3.05, 3.63) is 52.5 Å². The van der Waals surface area contributed by atoms with Crippen LogP contribution >= 0.6 is 11.3 Å². The number of hydrogen-bond donors (Lipinski definition) is 1. The zero-order chi connectivity index (χ0) is 17.3. The molecule has 0 radical (unpaired) electrons. The molecule has 134 valence electrons. The number of carbonyl (C=O) groups is 1. The lowest BCUT2D eigenvalue weighted by Gasteiger charge is -2.31. The molecular weight excluding hydrogens is 330 g/mol. The average molecular weight is 358 g/mol. The molecule has 25 heavy (non-hydrogen) atoms. The van der Waals surface area contributed by atoms with E-state index in [4.69, 9.17) is 0 Å². The van der Waals surface area contributed by atoms with Crippen molar-refractivity contribution in [3.8, 4) is 0 Å². The Hall–Kier alpha value is -1.72. The van der Waals surface area contributed by atoms with E-state index >= 15 is 0 Å². The molecule has 1 fully saturated rings. The summed E-state index contributed by atoms with van der Waals surface area (Å²) in [5.74, 6) is 0.272. The molecule has 0 spiro atoms. The highest BCUT2D eigenvalue weighted by molar-refractivity contribution is 7.09. The van der Waals surface area contributed by atoms with E-state index in [0.29, 0.717) is 19.0 Å². The Morgan fingerprint density at radius 1 is 1.24 bits per heavy atom. The third kappa shape index (κ3) is 5.65. The molecule has 1 atom stereocenters. The van der Waals surface area contributed by atoms with Crippen LogP contribution in [0.15, 0.2) is 41.9 Å². The first-order valence-corrected chi connectivity index (χ1v) is 10.1. The molecule has 0 aromatic carbocycles. The van der Waals surface area contributed by atoms with Crippen LogP contribution in [-0.4, -0.2) is 34.9 Å². The van der Waals surface area contributed by atoms with Crippen molar-refractivity contribution >= 4 is 17.2 Å². The number of nitrogens with zero attached hydrogens (tertiary/aromatic N) is 2. The summed E-state index contributed by atoms with van der Waals surface area (Å²) in [6.45, 7) is 2.68. The van der Waals surface area contributed by atoms with Crippen LogP contribution in [0.3, 0.4) is 0 Å². The molecule has 1 aliphatic rings. The first-order valence-electron chi connectivity index (χ1n) is 9.25. The number of rotatable bonds is 7. The standard InChI is InChI=1S/C20H27N3OS/c24-20(10-3-8-19-9-5-15-25-19)23(16-17-6-1-2-13-22-17)18-7-4-12-21-14-11-18/h1-2,5-6,9,13,15,18,21H,3-4,7-8,10-12,14,16H2. The summed E-state index contributed by atoms with van der Waals surface area (Å²) in [7, 11) is 0. The molecule has 1 amide bonds. The predicted octanol–water partition coefficient (Wildman–Crippen LogP) is 3.64. The molecule has 5 heteroatoms. The fourth-order valence-electron chi connectivity index (χ4n) is 3.41. The van der Waals surface area contributed by atoms with Crippen molar-refractivity contribution in [1.82, 2.24) is 15.2 Å². The van der Waals surface area contributed by atoms with Gasteiger partial charge in [0.25, 0.3) is 0 Å². The Morgan fingerprint density at radius 2 is 2.20 bits per heavy atom. The number of thiophene rings is 1. The Bertz CT molecular complexity index is 622. The monoisotopic (exact) mass is 357 g/mol. The molecule has 1 aliphatic heterocycles. The third-order valence-electron chi connectivity index (χ3n) is 4.76. The molecule has 0 saturated carbocycles. The van der Waals surface area contributed by atoms with E-state index < -0.39 is 0 Å². The average Bonchev–Trinajstić information content (AvgIpc) is 3.01. The lowest BCUT2D eigenvalue weighted by Crippen LogP contribution is -2.40. The Balaban J connectivity index is 1.62. The highest BCUT2D eigenvalue weighted by Gasteiger charge is 2.24. The van der Waals surface area contributed by atoms with Gasteiger partial charge in [-0.05, 0) is 68.8 Å².